The molecule has 0 bridgehead atoms. The Bertz CT molecular complexity index is 224. The van der Waals surface area contributed by atoms with Crippen molar-refractivity contribution in [3.8, 4) is 0 Å². The molecule has 80 valence electrons. The molecule has 14 heavy (non-hydrogen) atoms. The largest absolute Gasteiger partial charge is 0.316 e. The summed E-state index contributed by atoms with van der Waals surface area (Å²) >= 11 is 0. The topological polar surface area (TPSA) is 15.3 Å². The molecule has 0 aromatic carbocycles. The molecule has 2 heterocycles. The Labute approximate surface area is 87.4 Å². The van der Waals surface area contributed by atoms with Crippen LogP contribution in [0, 0.1) is 11.8 Å². The lowest BCUT2D eigenvalue weighted by Crippen LogP contribution is -2.34. The maximum Gasteiger partial charge on any atom is 0.0193 e. The van der Waals surface area contributed by atoms with E-state index in [1.165, 1.54) is 25.2 Å². The smallest absolute Gasteiger partial charge is 0.0193 e. The fourth-order valence-electron chi connectivity index (χ4n) is 2.86. The van der Waals surface area contributed by atoms with E-state index in [9.17, 15) is 0 Å². The van der Waals surface area contributed by atoms with Crippen molar-refractivity contribution in [3.63, 3.8) is 0 Å². The molecular formula is C12H22N2. The first-order chi connectivity index (χ1) is 6.72. The third-order valence-corrected chi connectivity index (χ3v) is 3.98. The summed E-state index contributed by atoms with van der Waals surface area (Å²) in [5.74, 6) is 1.79. The monoisotopic (exact) mass is 194 g/mol. The summed E-state index contributed by atoms with van der Waals surface area (Å²) in [7, 11) is 0. The Hall–Kier alpha value is -0.340. The quantitative estimate of drug-likeness (QED) is 0.685. The number of rotatable bonds is 3. The molecule has 2 heteroatoms. The summed E-state index contributed by atoms with van der Waals surface area (Å²) in [5, 5.41) is 3.49. The van der Waals surface area contributed by atoms with Crippen LogP contribution in [0.3, 0.4) is 0 Å². The third kappa shape index (κ3) is 1.73. The molecule has 1 N–H and O–H groups in total. The van der Waals surface area contributed by atoms with E-state index in [2.05, 4.69) is 30.6 Å². The highest BCUT2D eigenvalue weighted by Crippen LogP contribution is 2.32. The molecule has 2 fully saturated rings. The third-order valence-electron chi connectivity index (χ3n) is 3.98. The van der Waals surface area contributed by atoms with Gasteiger partial charge in [0.15, 0.2) is 0 Å². The summed E-state index contributed by atoms with van der Waals surface area (Å²) < 4.78 is 0. The molecule has 0 amide bonds. The number of nitrogens with one attached hydrogen (secondary N) is 1. The molecular weight excluding hydrogens is 172 g/mol. The van der Waals surface area contributed by atoms with E-state index in [4.69, 9.17) is 0 Å². The Balaban J connectivity index is 1.93. The highest BCUT2D eigenvalue weighted by molar-refractivity contribution is 5.03. The first-order valence-electron chi connectivity index (χ1n) is 5.83. The van der Waals surface area contributed by atoms with E-state index in [1.807, 2.05) is 0 Å². The second-order valence-corrected chi connectivity index (χ2v) is 4.86. The zero-order chi connectivity index (χ0) is 10.1. The van der Waals surface area contributed by atoms with Gasteiger partial charge in [0.1, 0.15) is 0 Å². The number of nitrogens with zero attached hydrogens (tertiary/aromatic N) is 1. The lowest BCUT2D eigenvalue weighted by molar-refractivity contribution is 0.257. The van der Waals surface area contributed by atoms with Crippen molar-refractivity contribution in [1.82, 2.24) is 10.2 Å². The lowest BCUT2D eigenvalue weighted by atomic mass is 9.95. The molecule has 2 rings (SSSR count). The van der Waals surface area contributed by atoms with Crippen LogP contribution in [0.1, 0.15) is 20.3 Å². The van der Waals surface area contributed by atoms with Gasteiger partial charge in [0, 0.05) is 19.1 Å². The van der Waals surface area contributed by atoms with E-state index in [1.54, 1.807) is 0 Å². The maximum atomic E-state index is 4.11. The van der Waals surface area contributed by atoms with Crippen molar-refractivity contribution in [2.75, 3.05) is 26.2 Å². The summed E-state index contributed by atoms with van der Waals surface area (Å²) in [6.45, 7) is 13.5. The maximum absolute atomic E-state index is 4.11. The van der Waals surface area contributed by atoms with Crippen LogP contribution in [0.4, 0.5) is 0 Å². The Morgan fingerprint density at radius 1 is 1.50 bits per heavy atom. The Morgan fingerprint density at radius 2 is 2.29 bits per heavy atom. The van der Waals surface area contributed by atoms with Crippen LogP contribution in [0.2, 0.25) is 0 Å². The van der Waals surface area contributed by atoms with Gasteiger partial charge in [0.25, 0.3) is 0 Å². The number of hydrogen-bond acceptors (Lipinski definition) is 2. The molecule has 3 unspecified atom stereocenters. The predicted molar refractivity (Wildman–Crippen MR) is 60.3 cm³/mol. The van der Waals surface area contributed by atoms with Crippen molar-refractivity contribution < 1.29 is 0 Å². The fraction of sp³-hybridized carbons (Fsp3) is 0.833. The zero-order valence-electron chi connectivity index (χ0n) is 9.42. The van der Waals surface area contributed by atoms with E-state index >= 15 is 0 Å². The van der Waals surface area contributed by atoms with Crippen molar-refractivity contribution >= 4 is 0 Å². The fourth-order valence-corrected chi connectivity index (χ4v) is 2.86. The minimum atomic E-state index is 0.748. The van der Waals surface area contributed by atoms with Crippen LogP contribution >= 0.6 is 0 Å². The van der Waals surface area contributed by atoms with Crippen molar-refractivity contribution in [1.29, 1.82) is 0 Å². The molecule has 2 nitrogen and oxygen atoms in total. The SMILES string of the molecule is C=C(CC)CN1CC2CNCC2C1C. The molecule has 3 atom stereocenters. The highest BCUT2D eigenvalue weighted by Gasteiger charge is 2.41. The van der Waals surface area contributed by atoms with E-state index in [0.29, 0.717) is 0 Å². The van der Waals surface area contributed by atoms with Crippen molar-refractivity contribution in [2.45, 2.75) is 26.3 Å². The molecule has 0 spiro atoms. The van der Waals surface area contributed by atoms with Crippen LogP contribution in [0.15, 0.2) is 12.2 Å². The van der Waals surface area contributed by atoms with Crippen LogP contribution in [0.5, 0.6) is 0 Å². The van der Waals surface area contributed by atoms with E-state index < -0.39 is 0 Å². The number of likely N-dealkylation sites (tertiary alicyclic amines) is 1. The van der Waals surface area contributed by atoms with Crippen LogP contribution in [-0.4, -0.2) is 37.1 Å². The summed E-state index contributed by atoms with van der Waals surface area (Å²) in [6.07, 6.45) is 1.12. The standard InChI is InChI=1S/C12H22N2/c1-4-9(2)7-14-8-11-5-13-6-12(11)10(14)3/h10-13H,2,4-8H2,1,3H3. The zero-order valence-corrected chi connectivity index (χ0v) is 9.42. The van der Waals surface area contributed by atoms with E-state index in [0.717, 1.165) is 30.8 Å². The van der Waals surface area contributed by atoms with E-state index in [-0.39, 0.29) is 0 Å². The molecule has 0 radical (unpaired) electrons. The van der Waals surface area contributed by atoms with Crippen LogP contribution in [0.25, 0.3) is 0 Å². The van der Waals surface area contributed by atoms with Crippen molar-refractivity contribution in [2.24, 2.45) is 11.8 Å². The number of hydrogen-bond donors (Lipinski definition) is 1. The minimum absolute atomic E-state index is 0.748. The van der Waals surface area contributed by atoms with Gasteiger partial charge in [-0.25, -0.2) is 0 Å². The first kappa shape index (κ1) is 10.2. The van der Waals surface area contributed by atoms with Gasteiger partial charge in [-0.1, -0.05) is 19.1 Å². The van der Waals surface area contributed by atoms with Gasteiger partial charge in [-0.2, -0.15) is 0 Å². The van der Waals surface area contributed by atoms with Gasteiger partial charge >= 0.3 is 0 Å². The summed E-state index contributed by atoms with van der Waals surface area (Å²) in [4.78, 5) is 2.61. The van der Waals surface area contributed by atoms with Gasteiger partial charge < -0.3 is 5.32 Å². The molecule has 2 saturated heterocycles. The Kier molecular flexibility index (Phi) is 2.93. The Morgan fingerprint density at radius 3 is 2.93 bits per heavy atom. The molecule has 2 aliphatic rings. The second kappa shape index (κ2) is 4.03. The average molecular weight is 194 g/mol. The van der Waals surface area contributed by atoms with Gasteiger partial charge in [0.05, 0.1) is 0 Å². The van der Waals surface area contributed by atoms with Gasteiger partial charge in [0.2, 0.25) is 0 Å². The van der Waals surface area contributed by atoms with Gasteiger partial charge in [-0.3, -0.25) is 4.90 Å². The number of fused-ring (bicyclic) bond motifs is 1. The average Bonchev–Trinajstić information content (AvgIpc) is 2.72. The molecule has 0 saturated carbocycles. The lowest BCUT2D eigenvalue weighted by Gasteiger charge is -2.24. The van der Waals surface area contributed by atoms with Crippen LogP contribution < -0.4 is 5.32 Å². The molecule has 0 aromatic heterocycles. The normalized spacial score (nSPS) is 37.4. The summed E-state index contributed by atoms with van der Waals surface area (Å²) in [6, 6.07) is 0.748. The predicted octanol–water partition coefficient (Wildman–Crippen LogP) is 1.49. The molecule has 0 aromatic rings. The van der Waals surface area contributed by atoms with Gasteiger partial charge in [-0.15, -0.1) is 0 Å². The molecule has 2 aliphatic heterocycles. The highest BCUT2D eigenvalue weighted by atomic mass is 15.2. The minimum Gasteiger partial charge on any atom is -0.316 e. The first-order valence-corrected chi connectivity index (χ1v) is 5.83. The second-order valence-electron chi connectivity index (χ2n) is 4.86. The summed E-state index contributed by atoms with van der Waals surface area (Å²) in [5.41, 5.74) is 1.38. The van der Waals surface area contributed by atoms with Crippen LogP contribution in [-0.2, 0) is 0 Å². The molecule has 0 aliphatic carbocycles. The van der Waals surface area contributed by atoms with Crippen molar-refractivity contribution in [3.05, 3.63) is 12.2 Å². The van der Waals surface area contributed by atoms with Gasteiger partial charge in [-0.05, 0) is 38.3 Å².